The minimum atomic E-state index is -0.403. The molecule has 3 aromatic rings. The van der Waals surface area contributed by atoms with Gasteiger partial charge in [0.2, 0.25) is 5.91 Å². The Morgan fingerprint density at radius 3 is 2.38 bits per heavy atom. The molecule has 1 heterocycles. The molecule has 7 nitrogen and oxygen atoms in total. The lowest BCUT2D eigenvalue weighted by Crippen LogP contribution is -2.36. The van der Waals surface area contributed by atoms with Crippen LogP contribution in [0, 0.1) is 0 Å². The molecular weight excluding hydrogens is 334 g/mol. The Kier molecular flexibility index (Phi) is 5.28. The number of carbonyl (C=O) groups excluding carboxylic acids is 1. The van der Waals surface area contributed by atoms with E-state index < -0.39 is 11.1 Å². The minimum absolute atomic E-state index is 0.249. The van der Waals surface area contributed by atoms with Gasteiger partial charge in [0.15, 0.2) is 0 Å². The average Bonchev–Trinajstić information content (AvgIpc) is 2.66. The first-order chi connectivity index (χ1) is 12.6. The molecule has 134 valence electrons. The van der Waals surface area contributed by atoms with E-state index in [1.165, 1.54) is 0 Å². The molecule has 7 heteroatoms. The van der Waals surface area contributed by atoms with Gasteiger partial charge in [0.25, 0.3) is 11.1 Å². The van der Waals surface area contributed by atoms with Crippen LogP contribution in [0.25, 0.3) is 10.8 Å². The second-order valence-corrected chi connectivity index (χ2v) is 5.90. The molecule has 0 atom stereocenters. The Morgan fingerprint density at radius 2 is 1.69 bits per heavy atom. The highest BCUT2D eigenvalue weighted by atomic mass is 16.5. The highest BCUT2D eigenvalue weighted by Crippen LogP contribution is 2.05. The fourth-order valence-corrected chi connectivity index (χ4v) is 2.68. The van der Waals surface area contributed by atoms with Crippen LogP contribution in [0.4, 0.5) is 0 Å². The fraction of sp³-hybridized carbons (Fsp3) is 0.211. The summed E-state index contributed by atoms with van der Waals surface area (Å²) in [6.07, 6.45) is 0. The summed E-state index contributed by atoms with van der Waals surface area (Å²) in [7, 11) is 1.63. The molecular formula is C19H19N3O4. The number of rotatable bonds is 6. The molecule has 0 fully saturated rings. The van der Waals surface area contributed by atoms with E-state index in [4.69, 9.17) is 4.74 Å². The number of benzene rings is 2. The van der Waals surface area contributed by atoms with Crippen LogP contribution >= 0.6 is 0 Å². The summed E-state index contributed by atoms with van der Waals surface area (Å²) >= 11 is 0. The standard InChI is InChI=1S/C19H19N3O4/c1-26-12-14-8-6-13(7-9-14)10-20-17(23)11-22-19(25)16-5-3-2-4-15(16)18(24)21-22/h2-9H,10-12H2,1H3,(H,20,23)(H,21,24). The van der Waals surface area contributed by atoms with Gasteiger partial charge in [0.1, 0.15) is 6.54 Å². The Morgan fingerprint density at radius 1 is 1.04 bits per heavy atom. The highest BCUT2D eigenvalue weighted by Gasteiger charge is 2.10. The zero-order valence-corrected chi connectivity index (χ0v) is 14.3. The lowest BCUT2D eigenvalue weighted by atomic mass is 10.1. The van der Waals surface area contributed by atoms with Gasteiger partial charge in [-0.05, 0) is 23.3 Å². The number of amides is 1. The van der Waals surface area contributed by atoms with E-state index in [9.17, 15) is 14.4 Å². The Hall–Kier alpha value is -3.19. The number of methoxy groups -OCH3 is 1. The van der Waals surface area contributed by atoms with Crippen molar-refractivity contribution in [1.29, 1.82) is 0 Å². The van der Waals surface area contributed by atoms with Crippen molar-refractivity contribution in [1.82, 2.24) is 15.1 Å². The first-order valence-corrected chi connectivity index (χ1v) is 8.14. The molecule has 1 amide bonds. The van der Waals surface area contributed by atoms with Crippen LogP contribution in [0.5, 0.6) is 0 Å². The van der Waals surface area contributed by atoms with Crippen LogP contribution in [0.1, 0.15) is 11.1 Å². The SMILES string of the molecule is COCc1ccc(CNC(=O)Cn2[nH]c(=O)c3ccccc3c2=O)cc1. The van der Waals surface area contributed by atoms with Crippen LogP contribution in [-0.4, -0.2) is 22.8 Å². The maximum atomic E-state index is 12.4. The Labute approximate surface area is 149 Å². The second-order valence-electron chi connectivity index (χ2n) is 5.90. The summed E-state index contributed by atoms with van der Waals surface area (Å²) in [6, 6.07) is 14.2. The average molecular weight is 353 g/mol. The van der Waals surface area contributed by atoms with Crippen molar-refractivity contribution in [2.24, 2.45) is 0 Å². The van der Waals surface area contributed by atoms with Crippen molar-refractivity contribution >= 4 is 16.7 Å². The lowest BCUT2D eigenvalue weighted by Gasteiger charge is -2.09. The third-order valence-corrected chi connectivity index (χ3v) is 4.01. The number of nitrogens with one attached hydrogen (secondary N) is 2. The number of hydrogen-bond acceptors (Lipinski definition) is 4. The molecule has 0 spiro atoms. The van der Waals surface area contributed by atoms with Gasteiger partial charge in [-0.2, -0.15) is 0 Å². The smallest absolute Gasteiger partial charge is 0.273 e. The summed E-state index contributed by atoms with van der Waals surface area (Å²) in [4.78, 5) is 36.6. The van der Waals surface area contributed by atoms with Crippen molar-refractivity contribution in [3.63, 3.8) is 0 Å². The maximum Gasteiger partial charge on any atom is 0.273 e. The zero-order chi connectivity index (χ0) is 18.5. The molecule has 3 rings (SSSR count). The first-order valence-electron chi connectivity index (χ1n) is 8.14. The number of fused-ring (bicyclic) bond motifs is 1. The third-order valence-electron chi connectivity index (χ3n) is 4.01. The second kappa shape index (κ2) is 7.79. The van der Waals surface area contributed by atoms with Gasteiger partial charge >= 0.3 is 0 Å². The molecule has 0 saturated carbocycles. The lowest BCUT2D eigenvalue weighted by molar-refractivity contribution is -0.122. The van der Waals surface area contributed by atoms with Gasteiger partial charge in [0.05, 0.1) is 17.4 Å². The molecule has 0 unspecified atom stereocenters. The van der Waals surface area contributed by atoms with E-state index in [2.05, 4.69) is 10.4 Å². The fourth-order valence-electron chi connectivity index (χ4n) is 2.68. The monoisotopic (exact) mass is 353 g/mol. The van der Waals surface area contributed by atoms with Crippen LogP contribution in [-0.2, 0) is 29.2 Å². The molecule has 2 aromatic carbocycles. The number of ether oxygens (including phenoxy) is 1. The van der Waals surface area contributed by atoms with Crippen LogP contribution in [0.2, 0.25) is 0 Å². The molecule has 26 heavy (non-hydrogen) atoms. The number of carbonyl (C=O) groups is 1. The predicted octanol–water partition coefficient (Wildman–Crippen LogP) is 1.15. The van der Waals surface area contributed by atoms with Gasteiger partial charge in [-0.1, -0.05) is 36.4 Å². The van der Waals surface area contributed by atoms with E-state index in [1.807, 2.05) is 24.3 Å². The van der Waals surface area contributed by atoms with Crippen LogP contribution < -0.4 is 16.4 Å². The summed E-state index contributed by atoms with van der Waals surface area (Å²) in [5, 5.41) is 5.78. The van der Waals surface area contributed by atoms with Gasteiger partial charge in [-0.25, -0.2) is 4.68 Å². The summed E-state index contributed by atoms with van der Waals surface area (Å²) in [5.41, 5.74) is 1.17. The van der Waals surface area contributed by atoms with Gasteiger partial charge in [0, 0.05) is 13.7 Å². The largest absolute Gasteiger partial charge is 0.380 e. The van der Waals surface area contributed by atoms with Crippen LogP contribution in [0.3, 0.4) is 0 Å². The molecule has 0 aliphatic heterocycles. The van der Waals surface area contributed by atoms with E-state index in [0.717, 1.165) is 15.8 Å². The van der Waals surface area contributed by atoms with Crippen molar-refractivity contribution in [3.05, 3.63) is 80.4 Å². The van der Waals surface area contributed by atoms with Gasteiger partial charge < -0.3 is 10.1 Å². The summed E-state index contributed by atoms with van der Waals surface area (Å²) in [5.74, 6) is -0.362. The molecule has 0 aliphatic rings. The van der Waals surface area contributed by atoms with E-state index in [0.29, 0.717) is 18.5 Å². The number of hydrogen-bond donors (Lipinski definition) is 2. The molecule has 0 radical (unpaired) electrons. The Bertz CT molecular complexity index is 1040. The zero-order valence-electron chi connectivity index (χ0n) is 14.3. The number of aromatic nitrogens is 2. The quantitative estimate of drug-likeness (QED) is 0.695. The number of aromatic amines is 1. The topological polar surface area (TPSA) is 93.2 Å². The molecule has 1 aromatic heterocycles. The third kappa shape index (κ3) is 3.89. The van der Waals surface area contributed by atoms with Crippen molar-refractivity contribution < 1.29 is 9.53 Å². The van der Waals surface area contributed by atoms with E-state index in [-0.39, 0.29) is 17.8 Å². The first kappa shape index (κ1) is 17.6. The Balaban J connectivity index is 1.68. The van der Waals surface area contributed by atoms with Crippen LogP contribution in [0.15, 0.2) is 58.1 Å². The minimum Gasteiger partial charge on any atom is -0.380 e. The number of nitrogens with zero attached hydrogens (tertiary/aromatic N) is 1. The maximum absolute atomic E-state index is 12.4. The molecule has 0 saturated heterocycles. The molecule has 0 aliphatic carbocycles. The van der Waals surface area contributed by atoms with E-state index >= 15 is 0 Å². The van der Waals surface area contributed by atoms with Crippen molar-refractivity contribution in [2.45, 2.75) is 19.7 Å². The molecule has 2 N–H and O–H groups in total. The van der Waals surface area contributed by atoms with Gasteiger partial charge in [-0.3, -0.25) is 19.5 Å². The predicted molar refractivity (Wildman–Crippen MR) is 97.8 cm³/mol. The number of H-pyrrole nitrogens is 1. The highest BCUT2D eigenvalue weighted by molar-refractivity contribution is 5.81. The van der Waals surface area contributed by atoms with Crippen molar-refractivity contribution in [2.75, 3.05) is 7.11 Å². The molecule has 0 bridgehead atoms. The normalized spacial score (nSPS) is 10.8. The van der Waals surface area contributed by atoms with Gasteiger partial charge in [-0.15, -0.1) is 0 Å². The summed E-state index contributed by atoms with van der Waals surface area (Å²) < 4.78 is 6.08. The van der Waals surface area contributed by atoms with E-state index in [1.54, 1.807) is 31.4 Å². The van der Waals surface area contributed by atoms with Crippen molar-refractivity contribution in [3.8, 4) is 0 Å². The summed E-state index contributed by atoms with van der Waals surface area (Å²) in [6.45, 7) is 0.615.